The van der Waals surface area contributed by atoms with Gasteiger partial charge in [0.2, 0.25) is 10.0 Å². The number of anilines is 1. The normalized spacial score (nSPS) is 16.5. The van der Waals surface area contributed by atoms with E-state index < -0.39 is 10.0 Å². The smallest absolute Gasteiger partial charge is 0.254 e. The van der Waals surface area contributed by atoms with E-state index in [4.69, 9.17) is 4.52 Å². The highest BCUT2D eigenvalue weighted by Crippen LogP contribution is 2.25. The average Bonchev–Trinajstić information content (AvgIpc) is 3.20. The second-order valence-electron chi connectivity index (χ2n) is 6.27. The van der Waals surface area contributed by atoms with Gasteiger partial charge in [0, 0.05) is 37.9 Å². The molecular formula is C15H19N7O3S. The molecule has 0 saturated carbocycles. The Balaban J connectivity index is 1.58. The molecule has 0 atom stereocenters. The quantitative estimate of drug-likeness (QED) is 0.651. The number of aryl methyl sites for hydroxylation is 3. The van der Waals surface area contributed by atoms with Crippen molar-refractivity contribution in [2.45, 2.75) is 25.7 Å². The second kappa shape index (κ2) is 6.02. The van der Waals surface area contributed by atoms with Gasteiger partial charge in [0.15, 0.2) is 5.76 Å². The number of fused-ring (bicyclic) bond motifs is 1. The van der Waals surface area contributed by atoms with Crippen molar-refractivity contribution in [3.63, 3.8) is 0 Å². The minimum atomic E-state index is -3.62. The van der Waals surface area contributed by atoms with E-state index in [-0.39, 0.29) is 4.90 Å². The highest BCUT2D eigenvalue weighted by atomic mass is 32.2. The molecule has 1 aliphatic heterocycles. The van der Waals surface area contributed by atoms with Gasteiger partial charge in [-0.25, -0.2) is 13.4 Å². The van der Waals surface area contributed by atoms with Gasteiger partial charge >= 0.3 is 0 Å². The van der Waals surface area contributed by atoms with Crippen LogP contribution in [0.5, 0.6) is 0 Å². The molecule has 0 radical (unpaired) electrons. The Hall–Kier alpha value is -2.53. The number of aromatic nitrogens is 5. The van der Waals surface area contributed by atoms with Crippen LogP contribution in [0.3, 0.4) is 0 Å². The van der Waals surface area contributed by atoms with Gasteiger partial charge in [-0.1, -0.05) is 5.16 Å². The van der Waals surface area contributed by atoms with E-state index in [0.29, 0.717) is 43.4 Å². The first-order valence-electron chi connectivity index (χ1n) is 8.23. The predicted molar refractivity (Wildman–Crippen MR) is 92.5 cm³/mol. The van der Waals surface area contributed by atoms with E-state index in [1.807, 2.05) is 13.0 Å². The van der Waals surface area contributed by atoms with E-state index >= 15 is 0 Å². The first-order valence-corrected chi connectivity index (χ1v) is 9.67. The number of hydrogen-bond acceptors (Lipinski definition) is 8. The summed E-state index contributed by atoms with van der Waals surface area (Å²) < 4.78 is 34.0. The summed E-state index contributed by atoms with van der Waals surface area (Å²) in [6.07, 6.45) is 1.46. The minimum Gasteiger partial charge on any atom is -0.360 e. The van der Waals surface area contributed by atoms with Crippen LogP contribution in [0.25, 0.3) is 5.78 Å². The number of sulfonamides is 1. The lowest BCUT2D eigenvalue weighted by atomic mass is 10.3. The summed E-state index contributed by atoms with van der Waals surface area (Å²) in [5.74, 6) is 1.71. The minimum absolute atomic E-state index is 0.171. The zero-order valence-electron chi connectivity index (χ0n) is 14.7. The molecule has 0 aliphatic carbocycles. The van der Waals surface area contributed by atoms with Crippen molar-refractivity contribution in [1.82, 2.24) is 29.0 Å². The maximum atomic E-state index is 12.9. The van der Waals surface area contributed by atoms with Crippen molar-refractivity contribution in [2.75, 3.05) is 31.1 Å². The van der Waals surface area contributed by atoms with Crippen molar-refractivity contribution in [3.8, 4) is 0 Å². The molecule has 11 heteroatoms. The first-order chi connectivity index (χ1) is 12.4. The molecule has 1 saturated heterocycles. The first kappa shape index (κ1) is 16.9. The Morgan fingerprint density at radius 3 is 2.50 bits per heavy atom. The Labute approximate surface area is 150 Å². The monoisotopic (exact) mass is 377 g/mol. The molecule has 10 nitrogen and oxygen atoms in total. The lowest BCUT2D eigenvalue weighted by Gasteiger charge is -2.35. The van der Waals surface area contributed by atoms with Crippen LogP contribution in [0.2, 0.25) is 0 Å². The van der Waals surface area contributed by atoms with E-state index in [1.165, 1.54) is 10.6 Å². The van der Waals surface area contributed by atoms with Crippen molar-refractivity contribution < 1.29 is 12.9 Å². The summed E-state index contributed by atoms with van der Waals surface area (Å²) >= 11 is 0. The Bertz CT molecular complexity index is 1040. The van der Waals surface area contributed by atoms with Crippen molar-refractivity contribution in [3.05, 3.63) is 29.5 Å². The van der Waals surface area contributed by atoms with Crippen LogP contribution in [0.15, 0.2) is 21.8 Å². The maximum Gasteiger partial charge on any atom is 0.254 e. The van der Waals surface area contributed by atoms with Crippen molar-refractivity contribution in [2.24, 2.45) is 0 Å². The molecule has 0 spiro atoms. The summed E-state index contributed by atoms with van der Waals surface area (Å²) in [5.41, 5.74) is 1.23. The molecule has 3 aromatic rings. The van der Waals surface area contributed by atoms with Gasteiger partial charge < -0.3 is 9.42 Å². The SMILES string of the molecule is Cc1cc(N2CCN(S(=O)(=O)c3c(C)noc3C)CC2)n2ncnc2n1. The topological polar surface area (TPSA) is 110 Å². The zero-order chi connectivity index (χ0) is 18.5. The van der Waals surface area contributed by atoms with Crippen molar-refractivity contribution in [1.29, 1.82) is 0 Å². The molecular weight excluding hydrogens is 358 g/mol. The highest BCUT2D eigenvalue weighted by molar-refractivity contribution is 7.89. The molecule has 26 heavy (non-hydrogen) atoms. The zero-order valence-corrected chi connectivity index (χ0v) is 15.6. The van der Waals surface area contributed by atoms with Gasteiger partial charge in [0.25, 0.3) is 5.78 Å². The van der Waals surface area contributed by atoms with E-state index in [1.54, 1.807) is 18.4 Å². The molecule has 0 amide bonds. The largest absolute Gasteiger partial charge is 0.360 e. The van der Waals surface area contributed by atoms with Gasteiger partial charge in [-0.3, -0.25) is 0 Å². The van der Waals surface area contributed by atoms with Crippen LogP contribution in [-0.4, -0.2) is 63.6 Å². The molecule has 3 aromatic heterocycles. The van der Waals surface area contributed by atoms with Crippen LogP contribution in [0.4, 0.5) is 5.82 Å². The third kappa shape index (κ3) is 2.63. The standard InChI is InChI=1S/C15H19N7O3S/c1-10-8-13(22-15(18-10)16-9-17-22)20-4-6-21(7-5-20)26(23,24)14-11(2)19-25-12(14)3/h8-9H,4-7H2,1-3H3. The molecule has 138 valence electrons. The lowest BCUT2D eigenvalue weighted by Crippen LogP contribution is -2.49. The molecule has 1 fully saturated rings. The summed E-state index contributed by atoms with van der Waals surface area (Å²) in [6.45, 7) is 6.97. The van der Waals surface area contributed by atoms with Gasteiger partial charge in [-0.05, 0) is 20.8 Å². The van der Waals surface area contributed by atoms with Gasteiger partial charge in [-0.15, -0.1) is 0 Å². The Morgan fingerprint density at radius 2 is 1.85 bits per heavy atom. The fourth-order valence-electron chi connectivity index (χ4n) is 3.27. The maximum absolute atomic E-state index is 12.9. The molecule has 0 bridgehead atoms. The summed E-state index contributed by atoms with van der Waals surface area (Å²) in [5, 5.41) is 7.98. The number of nitrogens with zero attached hydrogens (tertiary/aromatic N) is 7. The molecule has 1 aliphatic rings. The molecule has 4 heterocycles. The van der Waals surface area contributed by atoms with Crippen molar-refractivity contribution >= 4 is 21.6 Å². The third-order valence-electron chi connectivity index (χ3n) is 4.49. The number of hydrogen-bond donors (Lipinski definition) is 0. The van der Waals surface area contributed by atoms with Gasteiger partial charge in [0.1, 0.15) is 22.7 Å². The van der Waals surface area contributed by atoms with Crippen LogP contribution in [-0.2, 0) is 10.0 Å². The van der Waals surface area contributed by atoms with E-state index in [0.717, 1.165) is 11.5 Å². The third-order valence-corrected chi connectivity index (χ3v) is 6.63. The predicted octanol–water partition coefficient (Wildman–Crippen LogP) is 0.548. The Kier molecular flexibility index (Phi) is 3.92. The van der Waals surface area contributed by atoms with Gasteiger partial charge in [-0.2, -0.15) is 18.9 Å². The average molecular weight is 377 g/mol. The Morgan fingerprint density at radius 1 is 1.12 bits per heavy atom. The summed E-state index contributed by atoms with van der Waals surface area (Å²) in [6, 6.07) is 1.93. The number of rotatable bonds is 3. The molecule has 4 rings (SSSR count). The summed E-state index contributed by atoms with van der Waals surface area (Å²) in [4.78, 5) is 10.7. The van der Waals surface area contributed by atoms with Crippen LogP contribution in [0.1, 0.15) is 17.1 Å². The van der Waals surface area contributed by atoms with E-state index in [2.05, 4.69) is 25.1 Å². The second-order valence-corrected chi connectivity index (χ2v) is 8.15. The highest BCUT2D eigenvalue weighted by Gasteiger charge is 2.33. The number of piperazine rings is 1. The molecule has 0 aromatic carbocycles. The fourth-order valence-corrected chi connectivity index (χ4v) is 4.98. The summed E-state index contributed by atoms with van der Waals surface area (Å²) in [7, 11) is -3.62. The molecule has 0 N–H and O–H groups in total. The molecule has 0 unspecified atom stereocenters. The van der Waals surface area contributed by atoms with E-state index in [9.17, 15) is 8.42 Å². The van der Waals surface area contributed by atoms with Gasteiger partial charge in [0.05, 0.1) is 0 Å². The van der Waals surface area contributed by atoms with Crippen LogP contribution < -0.4 is 4.90 Å². The van der Waals surface area contributed by atoms with Crippen LogP contribution in [0, 0.1) is 20.8 Å². The lowest BCUT2D eigenvalue weighted by molar-refractivity contribution is 0.377. The fraction of sp³-hybridized carbons (Fsp3) is 0.467. The van der Waals surface area contributed by atoms with Crippen LogP contribution >= 0.6 is 0 Å².